The first-order chi connectivity index (χ1) is 5.55. The number of fused-ring (bicyclic) bond motifs is 1. The molecule has 0 aliphatic heterocycles. The highest BCUT2D eigenvalue weighted by atomic mass is 14.5. The van der Waals surface area contributed by atoms with Crippen LogP contribution in [0.1, 0.15) is 33.1 Å². The largest absolute Gasteiger partial charge is 0.0995 e. The zero-order valence-corrected chi connectivity index (χ0v) is 8.19. The molecule has 0 spiro atoms. The number of rotatable bonds is 0. The highest BCUT2D eigenvalue weighted by Crippen LogP contribution is 2.60. The summed E-state index contributed by atoms with van der Waals surface area (Å²) >= 11 is 0. The normalized spacial score (nSPS) is 46.8. The summed E-state index contributed by atoms with van der Waals surface area (Å²) in [6.07, 6.45) is 3.78. The molecule has 12 heavy (non-hydrogen) atoms. The lowest BCUT2D eigenvalue weighted by molar-refractivity contribution is 0.289. The molecule has 2 aliphatic rings. The van der Waals surface area contributed by atoms with E-state index in [0.29, 0.717) is 5.41 Å². The van der Waals surface area contributed by atoms with E-state index in [1.807, 2.05) is 0 Å². The summed E-state index contributed by atoms with van der Waals surface area (Å²) in [6, 6.07) is 0. The maximum absolute atomic E-state index is 4.20. The summed E-state index contributed by atoms with van der Waals surface area (Å²) < 4.78 is 0. The lowest BCUT2D eigenvalue weighted by atomic mass is 9.78. The van der Waals surface area contributed by atoms with Crippen molar-refractivity contribution in [1.82, 2.24) is 0 Å². The van der Waals surface area contributed by atoms with Gasteiger partial charge in [-0.15, -0.1) is 0 Å². The lowest BCUT2D eigenvalue weighted by Crippen LogP contribution is -2.18. The highest BCUT2D eigenvalue weighted by molar-refractivity contribution is 5.29. The molecule has 0 amide bonds. The second kappa shape index (κ2) is 2.25. The SMILES string of the molecule is C=C1C[C@@]2(C)C(=C)CC[C@H]2C1C. The molecule has 2 aliphatic carbocycles. The van der Waals surface area contributed by atoms with Gasteiger partial charge in [0.15, 0.2) is 0 Å². The Morgan fingerprint density at radius 1 is 1.42 bits per heavy atom. The summed E-state index contributed by atoms with van der Waals surface area (Å²) in [7, 11) is 0. The number of hydrogen-bond acceptors (Lipinski definition) is 0. The molecule has 0 aromatic carbocycles. The van der Waals surface area contributed by atoms with E-state index in [4.69, 9.17) is 0 Å². The van der Waals surface area contributed by atoms with Gasteiger partial charge in [0.25, 0.3) is 0 Å². The number of hydrogen-bond donors (Lipinski definition) is 0. The minimum atomic E-state index is 0.413. The van der Waals surface area contributed by atoms with Crippen LogP contribution in [0.4, 0.5) is 0 Å². The van der Waals surface area contributed by atoms with Crippen molar-refractivity contribution >= 4 is 0 Å². The fraction of sp³-hybridized carbons (Fsp3) is 0.667. The van der Waals surface area contributed by atoms with Crippen molar-refractivity contribution in [3.63, 3.8) is 0 Å². The molecule has 0 aromatic heterocycles. The fourth-order valence-corrected chi connectivity index (χ4v) is 3.17. The van der Waals surface area contributed by atoms with Gasteiger partial charge < -0.3 is 0 Å². The van der Waals surface area contributed by atoms with Crippen molar-refractivity contribution < 1.29 is 0 Å². The van der Waals surface area contributed by atoms with Crippen LogP contribution in [0.3, 0.4) is 0 Å². The maximum Gasteiger partial charge on any atom is -0.00480 e. The molecule has 2 rings (SSSR count). The summed E-state index contributed by atoms with van der Waals surface area (Å²) in [5.74, 6) is 1.58. The van der Waals surface area contributed by atoms with E-state index in [1.54, 1.807) is 0 Å². The standard InChI is InChI=1S/C12H18/c1-8-7-12(4)9(2)5-6-11(12)10(8)3/h10-11H,1-2,5-7H2,3-4H3/t10?,11-,12-/m0/s1. The van der Waals surface area contributed by atoms with Crippen LogP contribution in [-0.4, -0.2) is 0 Å². The second-order valence-electron chi connectivity index (χ2n) is 4.79. The van der Waals surface area contributed by atoms with Gasteiger partial charge in [-0.1, -0.05) is 38.2 Å². The molecular formula is C12H18. The van der Waals surface area contributed by atoms with Gasteiger partial charge in [-0.3, -0.25) is 0 Å². The minimum absolute atomic E-state index is 0.413. The molecule has 0 nitrogen and oxygen atoms in total. The zero-order valence-electron chi connectivity index (χ0n) is 8.19. The Labute approximate surface area is 75.4 Å². The van der Waals surface area contributed by atoms with Gasteiger partial charge in [0.2, 0.25) is 0 Å². The summed E-state index contributed by atoms with van der Waals surface area (Å²) in [5.41, 5.74) is 3.33. The molecule has 1 unspecified atom stereocenters. The molecule has 2 fully saturated rings. The first-order valence-corrected chi connectivity index (χ1v) is 4.91. The second-order valence-corrected chi connectivity index (χ2v) is 4.79. The third-order valence-electron chi connectivity index (χ3n) is 4.22. The quantitative estimate of drug-likeness (QED) is 0.478. The van der Waals surface area contributed by atoms with Crippen molar-refractivity contribution in [1.29, 1.82) is 0 Å². The van der Waals surface area contributed by atoms with Gasteiger partial charge in [-0.05, 0) is 36.5 Å². The van der Waals surface area contributed by atoms with Gasteiger partial charge in [0.05, 0.1) is 0 Å². The third kappa shape index (κ3) is 0.784. The molecular weight excluding hydrogens is 144 g/mol. The molecule has 0 aromatic rings. The predicted octanol–water partition coefficient (Wildman–Crippen LogP) is 3.55. The first kappa shape index (κ1) is 8.10. The Morgan fingerprint density at radius 2 is 2.08 bits per heavy atom. The van der Waals surface area contributed by atoms with E-state index in [2.05, 4.69) is 27.0 Å². The monoisotopic (exact) mass is 162 g/mol. The Bertz CT molecular complexity index is 249. The highest BCUT2D eigenvalue weighted by Gasteiger charge is 2.49. The van der Waals surface area contributed by atoms with Crippen LogP contribution in [0, 0.1) is 17.3 Å². The summed E-state index contributed by atoms with van der Waals surface area (Å²) in [4.78, 5) is 0. The molecule has 0 radical (unpaired) electrons. The van der Waals surface area contributed by atoms with Crippen molar-refractivity contribution in [3.05, 3.63) is 24.3 Å². The summed E-state index contributed by atoms with van der Waals surface area (Å²) in [6.45, 7) is 13.1. The molecule has 66 valence electrons. The van der Waals surface area contributed by atoms with Gasteiger partial charge >= 0.3 is 0 Å². The Morgan fingerprint density at radius 3 is 2.67 bits per heavy atom. The van der Waals surface area contributed by atoms with Crippen molar-refractivity contribution in [2.24, 2.45) is 17.3 Å². The molecule has 0 bridgehead atoms. The van der Waals surface area contributed by atoms with Crippen LogP contribution in [0.2, 0.25) is 0 Å². The van der Waals surface area contributed by atoms with E-state index >= 15 is 0 Å². The topological polar surface area (TPSA) is 0 Å². The van der Waals surface area contributed by atoms with E-state index in [0.717, 1.165) is 11.8 Å². The van der Waals surface area contributed by atoms with E-state index in [-0.39, 0.29) is 0 Å². The lowest BCUT2D eigenvalue weighted by Gasteiger charge is -2.26. The van der Waals surface area contributed by atoms with Crippen molar-refractivity contribution in [2.75, 3.05) is 0 Å². The van der Waals surface area contributed by atoms with Crippen LogP contribution >= 0.6 is 0 Å². The Kier molecular flexibility index (Phi) is 1.51. The van der Waals surface area contributed by atoms with Gasteiger partial charge in [0.1, 0.15) is 0 Å². The minimum Gasteiger partial charge on any atom is -0.0995 e. The van der Waals surface area contributed by atoms with Crippen LogP contribution < -0.4 is 0 Å². The van der Waals surface area contributed by atoms with Gasteiger partial charge in [-0.2, -0.15) is 0 Å². The van der Waals surface area contributed by atoms with E-state index in [9.17, 15) is 0 Å². The predicted molar refractivity (Wildman–Crippen MR) is 52.9 cm³/mol. The van der Waals surface area contributed by atoms with Gasteiger partial charge in [-0.25, -0.2) is 0 Å². The molecule has 2 saturated carbocycles. The third-order valence-corrected chi connectivity index (χ3v) is 4.22. The van der Waals surface area contributed by atoms with Crippen LogP contribution in [0.5, 0.6) is 0 Å². The molecule has 0 N–H and O–H groups in total. The number of allylic oxidation sites excluding steroid dienone is 2. The van der Waals surface area contributed by atoms with E-state index in [1.165, 1.54) is 30.4 Å². The fourth-order valence-electron chi connectivity index (χ4n) is 3.17. The molecule has 0 saturated heterocycles. The maximum atomic E-state index is 4.20. The molecule has 3 atom stereocenters. The van der Waals surface area contributed by atoms with E-state index < -0.39 is 0 Å². The van der Waals surface area contributed by atoms with Gasteiger partial charge in [0, 0.05) is 0 Å². The van der Waals surface area contributed by atoms with Crippen LogP contribution in [0.15, 0.2) is 24.3 Å². The molecule has 0 heterocycles. The first-order valence-electron chi connectivity index (χ1n) is 4.91. The zero-order chi connectivity index (χ0) is 8.93. The van der Waals surface area contributed by atoms with Crippen LogP contribution in [-0.2, 0) is 0 Å². The van der Waals surface area contributed by atoms with Crippen LogP contribution in [0.25, 0.3) is 0 Å². The summed E-state index contributed by atoms with van der Waals surface area (Å²) in [5, 5.41) is 0. The molecule has 0 heteroatoms. The van der Waals surface area contributed by atoms with Crippen molar-refractivity contribution in [3.8, 4) is 0 Å². The Balaban J connectivity index is 2.37. The Hall–Kier alpha value is -0.520. The average molecular weight is 162 g/mol. The smallest absolute Gasteiger partial charge is 0.00480 e. The van der Waals surface area contributed by atoms with Crippen molar-refractivity contribution in [2.45, 2.75) is 33.1 Å². The average Bonchev–Trinajstić information content (AvgIpc) is 2.38.